The van der Waals surface area contributed by atoms with Crippen LogP contribution >= 0.6 is 0 Å². The average molecular weight is 312 g/mol. The molecule has 0 aromatic heterocycles. The van der Waals surface area contributed by atoms with Gasteiger partial charge in [0.05, 0.1) is 11.5 Å². The third-order valence-electron chi connectivity index (χ3n) is 3.77. The molecule has 1 amide bonds. The molecule has 1 unspecified atom stereocenters. The Labute approximate surface area is 126 Å². The van der Waals surface area contributed by atoms with Crippen LogP contribution in [0.5, 0.6) is 0 Å². The molecule has 1 aromatic rings. The van der Waals surface area contributed by atoms with E-state index in [1.54, 1.807) is 30.3 Å². The van der Waals surface area contributed by atoms with E-state index in [1.807, 2.05) is 0 Å². The van der Waals surface area contributed by atoms with Gasteiger partial charge < -0.3 is 14.6 Å². The molecule has 0 saturated carbocycles. The molecule has 22 heavy (non-hydrogen) atoms. The molecule has 0 bridgehead atoms. The Morgan fingerprint density at radius 2 is 1.95 bits per heavy atom. The number of likely N-dealkylation sites (tertiary alicyclic amines) is 1. The highest BCUT2D eigenvalue weighted by atomic mass is 19.3. The Morgan fingerprint density at radius 3 is 2.55 bits per heavy atom. The van der Waals surface area contributed by atoms with Crippen LogP contribution in [0, 0.1) is 0 Å². The van der Waals surface area contributed by atoms with Crippen molar-refractivity contribution in [1.82, 2.24) is 4.90 Å². The lowest BCUT2D eigenvalue weighted by Gasteiger charge is -2.47. The molecule has 0 radical (unpaired) electrons. The van der Waals surface area contributed by atoms with E-state index in [0.29, 0.717) is 5.56 Å². The maximum absolute atomic E-state index is 13.5. The maximum atomic E-state index is 13.5. The predicted molar refractivity (Wildman–Crippen MR) is 70.9 cm³/mol. The summed E-state index contributed by atoms with van der Waals surface area (Å²) >= 11 is 0. The highest BCUT2D eigenvalue weighted by Crippen LogP contribution is 2.38. The van der Waals surface area contributed by atoms with Crippen molar-refractivity contribution >= 4 is 12.1 Å². The summed E-state index contributed by atoms with van der Waals surface area (Å²) in [6.07, 6.45) is -2.52. The molecule has 1 fully saturated rings. The fraction of sp³-hybridized carbons (Fsp3) is 0.467. The number of ether oxygens (including phenoxy) is 1. The predicted octanol–water partition coefficient (Wildman–Crippen LogP) is 1.56. The van der Waals surface area contributed by atoms with Crippen LogP contribution in [0.15, 0.2) is 30.3 Å². The Morgan fingerprint density at radius 1 is 1.32 bits per heavy atom. The van der Waals surface area contributed by atoms with Crippen molar-refractivity contribution in [3.05, 3.63) is 35.9 Å². The summed E-state index contributed by atoms with van der Waals surface area (Å²) < 4.78 is 32.0. The summed E-state index contributed by atoms with van der Waals surface area (Å²) in [5.41, 5.74) is -1.37. The molecular weight excluding hydrogens is 296 g/mol. The highest BCUT2D eigenvalue weighted by Gasteiger charge is 2.50. The van der Waals surface area contributed by atoms with Crippen molar-refractivity contribution in [1.29, 1.82) is 0 Å². The van der Waals surface area contributed by atoms with Crippen LogP contribution in [0.1, 0.15) is 25.3 Å². The molecule has 5 nitrogen and oxygen atoms in total. The molecule has 0 aliphatic carbocycles. The Bertz CT molecular complexity index is 564. The average Bonchev–Trinajstić information content (AvgIpc) is 2.45. The second-order valence-corrected chi connectivity index (χ2v) is 5.54. The first-order chi connectivity index (χ1) is 10.2. The van der Waals surface area contributed by atoms with Gasteiger partial charge in [-0.05, 0) is 12.5 Å². The van der Waals surface area contributed by atoms with Gasteiger partial charge in [0.25, 0.3) is 5.92 Å². The first-order valence-electron chi connectivity index (χ1n) is 6.82. The number of alkyl halides is 2. The summed E-state index contributed by atoms with van der Waals surface area (Å²) in [5, 5.41) is 11.3. The van der Waals surface area contributed by atoms with E-state index in [0.717, 1.165) is 11.8 Å². The molecule has 1 atom stereocenters. The number of amides is 1. The molecule has 1 aliphatic rings. The summed E-state index contributed by atoms with van der Waals surface area (Å²) in [5.74, 6) is -4.87. The first-order valence-corrected chi connectivity index (χ1v) is 6.82. The number of nitrogens with zero attached hydrogens (tertiary/aromatic N) is 1. The second-order valence-electron chi connectivity index (χ2n) is 5.54. The van der Waals surface area contributed by atoms with Crippen molar-refractivity contribution in [2.24, 2.45) is 0 Å². The molecule has 1 saturated heterocycles. The number of halogens is 2. The van der Waals surface area contributed by atoms with E-state index >= 15 is 0 Å². The zero-order valence-electron chi connectivity index (χ0n) is 12.1. The monoisotopic (exact) mass is 312 g/mol. The smallest absolute Gasteiger partial charge is 0.410 e. The summed E-state index contributed by atoms with van der Waals surface area (Å²) in [6.45, 7) is 0.597. The van der Waals surface area contributed by atoms with Gasteiger partial charge in [-0.25, -0.2) is 13.6 Å². The van der Waals surface area contributed by atoms with Crippen LogP contribution in [0.2, 0.25) is 0 Å². The van der Waals surface area contributed by atoms with Crippen LogP contribution in [0.4, 0.5) is 13.6 Å². The quantitative estimate of drug-likeness (QED) is 0.849. The summed E-state index contributed by atoms with van der Waals surface area (Å²) in [4.78, 5) is 24.1. The third kappa shape index (κ3) is 3.35. The lowest BCUT2D eigenvalue weighted by Crippen LogP contribution is -2.65. The normalized spacial score (nSPS) is 23.9. The van der Waals surface area contributed by atoms with Crippen LogP contribution in [0.3, 0.4) is 0 Å². The first kappa shape index (κ1) is 16.2. The lowest BCUT2D eigenvalue weighted by molar-refractivity contribution is -0.322. The Hall–Kier alpha value is -2.18. The van der Waals surface area contributed by atoms with Gasteiger partial charge in [-0.3, -0.25) is 4.90 Å². The van der Waals surface area contributed by atoms with E-state index in [1.165, 1.54) is 0 Å². The van der Waals surface area contributed by atoms with E-state index in [2.05, 4.69) is 0 Å². The van der Waals surface area contributed by atoms with Crippen LogP contribution in [-0.4, -0.2) is 35.0 Å². The number of carboxylic acid groups (broad SMARTS) is 1. The van der Waals surface area contributed by atoms with Gasteiger partial charge in [-0.2, -0.15) is 0 Å². The van der Waals surface area contributed by atoms with E-state index in [-0.39, 0.29) is 6.61 Å². The van der Waals surface area contributed by atoms with E-state index in [4.69, 9.17) is 4.74 Å². The topological polar surface area (TPSA) is 69.7 Å². The minimum Gasteiger partial charge on any atom is -0.548 e. The fourth-order valence-electron chi connectivity index (χ4n) is 2.48. The minimum absolute atomic E-state index is 0.0598. The number of hydrogen-bond acceptors (Lipinski definition) is 4. The van der Waals surface area contributed by atoms with Gasteiger partial charge in [0.2, 0.25) is 0 Å². The molecule has 1 heterocycles. The Kier molecular flexibility index (Phi) is 4.35. The third-order valence-corrected chi connectivity index (χ3v) is 3.77. The van der Waals surface area contributed by atoms with Gasteiger partial charge in [0.1, 0.15) is 6.61 Å². The molecule has 120 valence electrons. The molecule has 0 spiro atoms. The number of carbonyl (C=O) groups is 2. The van der Waals surface area contributed by atoms with Gasteiger partial charge in [-0.15, -0.1) is 0 Å². The highest BCUT2D eigenvalue weighted by molar-refractivity contribution is 5.83. The second kappa shape index (κ2) is 5.90. The van der Waals surface area contributed by atoms with Crippen LogP contribution in [-0.2, 0) is 16.1 Å². The largest absolute Gasteiger partial charge is 0.548 e. The Balaban J connectivity index is 2.08. The molecule has 0 N–H and O–H groups in total. The number of hydrogen-bond donors (Lipinski definition) is 0. The SMILES string of the molecule is CC1(C(=O)[O-])CC(F)(F)CCN1C(=O)OCc1ccccc1. The number of benzene rings is 1. The number of piperidine rings is 1. The summed E-state index contributed by atoms with van der Waals surface area (Å²) in [7, 11) is 0. The minimum atomic E-state index is -3.15. The maximum Gasteiger partial charge on any atom is 0.410 e. The lowest BCUT2D eigenvalue weighted by atomic mass is 9.86. The van der Waals surface area contributed by atoms with Crippen LogP contribution in [0.25, 0.3) is 0 Å². The molecular formula is C15H16F2NO4-. The summed E-state index contributed by atoms with van der Waals surface area (Å²) in [6, 6.07) is 8.78. The standard InChI is InChI=1S/C15H17F2NO4/c1-14(12(19)20)10-15(16,17)7-8-18(14)13(21)22-9-11-5-3-2-4-6-11/h2-6H,7-10H2,1H3,(H,19,20)/p-1. The van der Waals surface area contributed by atoms with Crippen LogP contribution < -0.4 is 5.11 Å². The number of rotatable bonds is 3. The van der Waals surface area contributed by atoms with Gasteiger partial charge in [0.15, 0.2) is 0 Å². The molecule has 7 heteroatoms. The zero-order chi connectivity index (χ0) is 16.4. The van der Waals surface area contributed by atoms with E-state index < -0.39 is 42.9 Å². The van der Waals surface area contributed by atoms with Crippen molar-refractivity contribution in [2.45, 2.75) is 37.8 Å². The fourth-order valence-corrected chi connectivity index (χ4v) is 2.48. The number of carbonyl (C=O) groups excluding carboxylic acids is 2. The molecule has 1 aromatic carbocycles. The molecule has 2 rings (SSSR count). The van der Waals surface area contributed by atoms with Gasteiger partial charge in [-0.1, -0.05) is 30.3 Å². The van der Waals surface area contributed by atoms with Crippen molar-refractivity contribution in [3.63, 3.8) is 0 Å². The van der Waals surface area contributed by atoms with Crippen molar-refractivity contribution in [2.75, 3.05) is 6.54 Å². The number of aliphatic carboxylic acids is 1. The van der Waals surface area contributed by atoms with Gasteiger partial charge in [0, 0.05) is 19.4 Å². The number of carboxylic acids is 1. The van der Waals surface area contributed by atoms with Crippen molar-refractivity contribution in [3.8, 4) is 0 Å². The molecule has 1 aliphatic heterocycles. The van der Waals surface area contributed by atoms with E-state index in [9.17, 15) is 23.5 Å². The van der Waals surface area contributed by atoms with Crippen molar-refractivity contribution < 1.29 is 28.2 Å². The van der Waals surface area contributed by atoms with Gasteiger partial charge >= 0.3 is 6.09 Å². The zero-order valence-corrected chi connectivity index (χ0v) is 12.1.